The van der Waals surface area contributed by atoms with Crippen LogP contribution in [0.25, 0.3) is 0 Å². The highest BCUT2D eigenvalue weighted by Gasteiger charge is 2.02. The number of aromatic nitrogens is 2. The molecule has 5 nitrogen and oxygen atoms in total. The summed E-state index contributed by atoms with van der Waals surface area (Å²) in [5.41, 5.74) is 5.55. The van der Waals surface area contributed by atoms with E-state index in [1.165, 1.54) is 0 Å². The first-order valence-corrected chi connectivity index (χ1v) is 4.69. The van der Waals surface area contributed by atoms with Crippen molar-refractivity contribution in [1.82, 2.24) is 9.97 Å². The molecule has 16 heavy (non-hydrogen) atoms. The van der Waals surface area contributed by atoms with Crippen molar-refractivity contribution in [3.63, 3.8) is 0 Å². The zero-order valence-electron chi connectivity index (χ0n) is 8.67. The highest BCUT2D eigenvalue weighted by atomic mass is 16.5. The minimum Gasteiger partial charge on any atom is -0.446 e. The number of rotatable bonds is 2. The van der Waals surface area contributed by atoms with Gasteiger partial charge in [0.15, 0.2) is 0 Å². The van der Waals surface area contributed by atoms with Gasteiger partial charge in [-0.25, -0.2) is 9.78 Å². The number of benzene rings is 1. The quantitative estimate of drug-likeness (QED) is 0.586. The van der Waals surface area contributed by atoms with E-state index in [2.05, 4.69) is 14.7 Å². The summed E-state index contributed by atoms with van der Waals surface area (Å²) in [7, 11) is 0. The number of hydrogen-bond donors (Lipinski definition) is 2. The van der Waals surface area contributed by atoms with Gasteiger partial charge < -0.3 is 9.72 Å². The van der Waals surface area contributed by atoms with Crippen LogP contribution >= 0.6 is 0 Å². The first kappa shape index (κ1) is 11.9. The molecule has 0 unspecified atom stereocenters. The van der Waals surface area contributed by atoms with Crippen LogP contribution in [0.2, 0.25) is 0 Å². The van der Waals surface area contributed by atoms with Crippen LogP contribution in [-0.4, -0.2) is 22.7 Å². The molecule has 0 saturated carbocycles. The van der Waals surface area contributed by atoms with Gasteiger partial charge in [-0.15, -0.1) is 0 Å². The van der Waals surface area contributed by atoms with E-state index in [4.69, 9.17) is 5.73 Å². The molecule has 2 rings (SSSR count). The number of H-pyrrole nitrogens is 1. The monoisotopic (exact) mass is 219 g/mol. The second kappa shape index (κ2) is 7.19. The van der Waals surface area contributed by atoms with Crippen molar-refractivity contribution in [2.75, 3.05) is 6.73 Å². The van der Waals surface area contributed by atoms with Crippen molar-refractivity contribution >= 4 is 5.97 Å². The molecule has 0 bridgehead atoms. The van der Waals surface area contributed by atoms with Gasteiger partial charge in [-0.3, -0.25) is 5.73 Å². The maximum absolute atomic E-state index is 10.9. The van der Waals surface area contributed by atoms with Gasteiger partial charge in [-0.1, -0.05) is 18.2 Å². The average molecular weight is 219 g/mol. The Bertz CT molecular complexity index is 370. The van der Waals surface area contributed by atoms with Crippen LogP contribution < -0.4 is 5.73 Å². The molecule has 0 fully saturated rings. The molecular formula is C11H13N3O2. The molecule has 0 aliphatic carbocycles. The van der Waals surface area contributed by atoms with Crippen molar-refractivity contribution in [2.24, 2.45) is 5.73 Å². The largest absolute Gasteiger partial charge is 0.446 e. The molecule has 0 spiro atoms. The zero-order valence-corrected chi connectivity index (χ0v) is 8.67. The predicted molar refractivity (Wildman–Crippen MR) is 59.5 cm³/mol. The molecule has 1 aromatic heterocycles. The Morgan fingerprint density at radius 3 is 2.56 bits per heavy atom. The lowest BCUT2D eigenvalue weighted by Gasteiger charge is -1.99. The maximum Gasteiger partial charge on any atom is 0.339 e. The summed E-state index contributed by atoms with van der Waals surface area (Å²) in [5, 5.41) is 0. The van der Waals surface area contributed by atoms with Crippen LogP contribution in [0.4, 0.5) is 0 Å². The lowest BCUT2D eigenvalue weighted by Crippen LogP contribution is -2.11. The third-order valence-corrected chi connectivity index (χ3v) is 1.63. The van der Waals surface area contributed by atoms with Crippen LogP contribution in [0.15, 0.2) is 49.1 Å². The first-order valence-electron chi connectivity index (χ1n) is 4.69. The number of aromatic amines is 1. The van der Waals surface area contributed by atoms with Gasteiger partial charge in [0, 0.05) is 12.4 Å². The van der Waals surface area contributed by atoms with E-state index < -0.39 is 0 Å². The number of imidazole rings is 1. The van der Waals surface area contributed by atoms with Gasteiger partial charge in [-0.05, 0) is 12.1 Å². The van der Waals surface area contributed by atoms with Gasteiger partial charge in [0.25, 0.3) is 0 Å². The van der Waals surface area contributed by atoms with Gasteiger partial charge in [-0.2, -0.15) is 0 Å². The minimum atomic E-state index is -0.381. The van der Waals surface area contributed by atoms with Gasteiger partial charge >= 0.3 is 5.97 Å². The molecular weight excluding hydrogens is 206 g/mol. The van der Waals surface area contributed by atoms with Crippen molar-refractivity contribution in [2.45, 2.75) is 0 Å². The Labute approximate surface area is 93.3 Å². The standard InChI is InChI=1S/C8H9NO2.C3H4N2/c9-6-11-8(10)7-4-2-1-3-5-7;1-2-5-3-4-1/h1-5H,6,9H2;1-3H,(H,4,5). The second-order valence-corrected chi connectivity index (χ2v) is 2.73. The lowest BCUT2D eigenvalue weighted by atomic mass is 10.2. The third kappa shape index (κ3) is 4.39. The average Bonchev–Trinajstić information content (AvgIpc) is 2.89. The summed E-state index contributed by atoms with van der Waals surface area (Å²) >= 11 is 0. The van der Waals surface area contributed by atoms with E-state index in [1.807, 2.05) is 6.07 Å². The number of nitrogens with one attached hydrogen (secondary N) is 1. The van der Waals surface area contributed by atoms with Crippen molar-refractivity contribution in [3.05, 3.63) is 54.6 Å². The molecule has 0 aliphatic rings. The number of carbonyl (C=O) groups is 1. The molecule has 0 amide bonds. The summed E-state index contributed by atoms with van der Waals surface area (Å²) in [5.74, 6) is -0.381. The topological polar surface area (TPSA) is 81.0 Å². The third-order valence-electron chi connectivity index (χ3n) is 1.63. The fourth-order valence-electron chi connectivity index (χ4n) is 0.948. The molecule has 2 aromatic rings. The number of nitrogens with zero attached hydrogens (tertiary/aromatic N) is 1. The van der Waals surface area contributed by atoms with E-state index in [-0.39, 0.29) is 12.7 Å². The predicted octanol–water partition coefficient (Wildman–Crippen LogP) is 1.17. The Balaban J connectivity index is 0.000000212. The molecule has 3 N–H and O–H groups in total. The van der Waals surface area contributed by atoms with Crippen molar-refractivity contribution < 1.29 is 9.53 Å². The summed E-state index contributed by atoms with van der Waals surface area (Å²) in [6.07, 6.45) is 5.08. The molecule has 0 radical (unpaired) electrons. The van der Waals surface area contributed by atoms with E-state index in [0.717, 1.165) is 0 Å². The summed E-state index contributed by atoms with van der Waals surface area (Å²) in [4.78, 5) is 17.4. The van der Waals surface area contributed by atoms with Gasteiger partial charge in [0.05, 0.1) is 11.9 Å². The number of esters is 1. The van der Waals surface area contributed by atoms with E-state index in [9.17, 15) is 4.79 Å². The normalized spacial score (nSPS) is 8.81. The Morgan fingerprint density at radius 1 is 1.38 bits per heavy atom. The summed E-state index contributed by atoms with van der Waals surface area (Å²) in [6.45, 7) is -0.0757. The Morgan fingerprint density at radius 2 is 2.12 bits per heavy atom. The first-order chi connectivity index (χ1) is 7.84. The number of ether oxygens (including phenoxy) is 1. The van der Waals surface area contributed by atoms with E-state index in [0.29, 0.717) is 5.56 Å². The van der Waals surface area contributed by atoms with Crippen molar-refractivity contribution in [3.8, 4) is 0 Å². The van der Waals surface area contributed by atoms with Crippen LogP contribution in [0.5, 0.6) is 0 Å². The van der Waals surface area contributed by atoms with Gasteiger partial charge in [0.2, 0.25) is 0 Å². The Hall–Kier alpha value is -2.14. The molecule has 1 aromatic carbocycles. The lowest BCUT2D eigenvalue weighted by molar-refractivity contribution is 0.0515. The zero-order chi connectivity index (χ0) is 11.6. The van der Waals surface area contributed by atoms with Crippen LogP contribution in [-0.2, 0) is 4.74 Å². The fraction of sp³-hybridized carbons (Fsp3) is 0.0909. The molecule has 84 valence electrons. The van der Waals surface area contributed by atoms with Gasteiger partial charge in [0.1, 0.15) is 6.73 Å². The number of hydrogen-bond acceptors (Lipinski definition) is 4. The van der Waals surface area contributed by atoms with E-state index in [1.54, 1.807) is 43.0 Å². The summed E-state index contributed by atoms with van der Waals surface area (Å²) in [6, 6.07) is 8.73. The smallest absolute Gasteiger partial charge is 0.339 e. The molecule has 1 heterocycles. The minimum absolute atomic E-state index is 0.0757. The highest BCUT2D eigenvalue weighted by Crippen LogP contribution is 1.99. The molecule has 0 aliphatic heterocycles. The fourth-order valence-corrected chi connectivity index (χ4v) is 0.948. The number of carbonyl (C=O) groups excluding carboxylic acids is 1. The molecule has 5 heteroatoms. The van der Waals surface area contributed by atoms with Crippen molar-refractivity contribution in [1.29, 1.82) is 0 Å². The maximum atomic E-state index is 10.9. The van der Waals surface area contributed by atoms with E-state index >= 15 is 0 Å². The van der Waals surface area contributed by atoms with Crippen LogP contribution in [0.1, 0.15) is 10.4 Å². The summed E-state index contributed by atoms with van der Waals surface area (Å²) < 4.78 is 4.57. The van der Waals surface area contributed by atoms with Crippen LogP contribution in [0.3, 0.4) is 0 Å². The number of nitrogens with two attached hydrogens (primary N) is 1. The van der Waals surface area contributed by atoms with Crippen LogP contribution in [0, 0.1) is 0 Å². The molecule has 0 atom stereocenters. The second-order valence-electron chi connectivity index (χ2n) is 2.73. The SMILES string of the molecule is NCOC(=O)c1ccccc1.c1c[nH]cn1. The Kier molecular flexibility index (Phi) is 5.36. The highest BCUT2D eigenvalue weighted by molar-refractivity contribution is 5.89. The molecule has 0 saturated heterocycles.